The third kappa shape index (κ3) is 4.15. The number of β-amino-alcohol motifs (C(OH)–C–C–N with tert-alkyl or cyclic N) is 1. The SMILES string of the molecule is CS(=O)(=O)N[C@@H]1CN(C(=O)Cc2ccc3c(c2)CCCC3)C[C@H]1O. The lowest BCUT2D eigenvalue weighted by Gasteiger charge is -2.19. The van der Waals surface area contributed by atoms with Crippen molar-refractivity contribution in [1.82, 2.24) is 9.62 Å². The number of hydrogen-bond acceptors (Lipinski definition) is 4. The van der Waals surface area contributed by atoms with Crippen LogP contribution in [0.4, 0.5) is 0 Å². The second-order valence-electron chi connectivity index (χ2n) is 6.85. The normalized spacial score (nSPS) is 24.0. The van der Waals surface area contributed by atoms with Crippen molar-refractivity contribution in [3.8, 4) is 0 Å². The number of amides is 1. The third-order valence-corrected chi connectivity index (χ3v) is 5.51. The highest BCUT2D eigenvalue weighted by atomic mass is 32.2. The largest absolute Gasteiger partial charge is 0.390 e. The Balaban J connectivity index is 1.63. The Labute approximate surface area is 142 Å². The molecule has 0 saturated carbocycles. The van der Waals surface area contributed by atoms with Crippen LogP contribution < -0.4 is 4.72 Å². The summed E-state index contributed by atoms with van der Waals surface area (Å²) >= 11 is 0. The van der Waals surface area contributed by atoms with E-state index in [0.717, 1.165) is 24.7 Å². The Morgan fingerprint density at radius 2 is 1.96 bits per heavy atom. The molecule has 0 spiro atoms. The van der Waals surface area contributed by atoms with Crippen LogP contribution in [0.3, 0.4) is 0 Å². The first-order valence-electron chi connectivity index (χ1n) is 8.35. The van der Waals surface area contributed by atoms with Gasteiger partial charge in [-0.3, -0.25) is 4.79 Å². The van der Waals surface area contributed by atoms with Crippen molar-refractivity contribution in [2.24, 2.45) is 0 Å². The first-order chi connectivity index (χ1) is 11.3. The molecule has 24 heavy (non-hydrogen) atoms. The van der Waals surface area contributed by atoms with Gasteiger partial charge in [-0.05, 0) is 42.4 Å². The van der Waals surface area contributed by atoms with Gasteiger partial charge in [-0.2, -0.15) is 0 Å². The molecule has 7 heteroatoms. The van der Waals surface area contributed by atoms with Gasteiger partial charge in [-0.25, -0.2) is 13.1 Å². The maximum Gasteiger partial charge on any atom is 0.227 e. The van der Waals surface area contributed by atoms with Crippen LogP contribution in [0.5, 0.6) is 0 Å². The van der Waals surface area contributed by atoms with Gasteiger partial charge < -0.3 is 10.0 Å². The van der Waals surface area contributed by atoms with Crippen molar-refractivity contribution in [3.63, 3.8) is 0 Å². The van der Waals surface area contributed by atoms with Gasteiger partial charge in [0.2, 0.25) is 15.9 Å². The van der Waals surface area contributed by atoms with E-state index in [1.54, 1.807) is 0 Å². The number of sulfonamides is 1. The number of hydrogen-bond donors (Lipinski definition) is 2. The highest BCUT2D eigenvalue weighted by molar-refractivity contribution is 7.88. The summed E-state index contributed by atoms with van der Waals surface area (Å²) in [6.45, 7) is 0.370. The first-order valence-corrected chi connectivity index (χ1v) is 10.2. The van der Waals surface area contributed by atoms with Gasteiger partial charge in [0.05, 0.1) is 24.8 Å². The van der Waals surface area contributed by atoms with Crippen LogP contribution in [0.15, 0.2) is 18.2 Å². The number of likely N-dealkylation sites (tertiary alicyclic amines) is 1. The van der Waals surface area contributed by atoms with Crippen molar-refractivity contribution < 1.29 is 18.3 Å². The molecular weight excluding hydrogens is 328 g/mol. The number of benzene rings is 1. The fraction of sp³-hybridized carbons (Fsp3) is 0.588. The molecule has 132 valence electrons. The quantitative estimate of drug-likeness (QED) is 0.812. The number of aryl methyl sites for hydroxylation is 2. The van der Waals surface area contributed by atoms with Gasteiger partial charge in [0.25, 0.3) is 0 Å². The second kappa shape index (κ2) is 6.82. The Bertz CT molecular complexity index is 732. The summed E-state index contributed by atoms with van der Waals surface area (Å²) in [5.74, 6) is -0.0809. The monoisotopic (exact) mass is 352 g/mol. The van der Waals surface area contributed by atoms with E-state index in [4.69, 9.17) is 0 Å². The highest BCUT2D eigenvalue weighted by Crippen LogP contribution is 2.23. The predicted molar refractivity (Wildman–Crippen MR) is 91.1 cm³/mol. The van der Waals surface area contributed by atoms with E-state index in [9.17, 15) is 18.3 Å². The summed E-state index contributed by atoms with van der Waals surface area (Å²) in [5, 5.41) is 9.97. The Kier molecular flexibility index (Phi) is 4.94. The molecule has 1 aromatic rings. The zero-order chi connectivity index (χ0) is 17.3. The lowest BCUT2D eigenvalue weighted by atomic mass is 9.90. The van der Waals surface area contributed by atoms with Crippen LogP contribution in [-0.4, -0.2) is 55.8 Å². The number of fused-ring (bicyclic) bond motifs is 1. The molecule has 0 bridgehead atoms. The summed E-state index contributed by atoms with van der Waals surface area (Å²) in [4.78, 5) is 14.0. The van der Waals surface area contributed by atoms with Crippen molar-refractivity contribution in [3.05, 3.63) is 34.9 Å². The molecule has 1 aliphatic carbocycles. The minimum Gasteiger partial charge on any atom is -0.390 e. The standard InChI is InChI=1S/C17H24N2O4S/c1-24(22,23)18-15-10-19(11-16(15)20)17(21)9-12-6-7-13-4-2-3-5-14(13)8-12/h6-8,15-16,18,20H,2-5,9-11H2,1H3/t15-,16-/m1/s1. The molecule has 1 heterocycles. The maximum atomic E-state index is 12.5. The molecule has 2 atom stereocenters. The molecule has 3 rings (SSSR count). The molecule has 2 aliphatic rings. The third-order valence-electron chi connectivity index (χ3n) is 4.78. The smallest absolute Gasteiger partial charge is 0.227 e. The van der Waals surface area contributed by atoms with Crippen LogP contribution in [0.2, 0.25) is 0 Å². The molecule has 1 aromatic carbocycles. The molecule has 1 fully saturated rings. The molecular formula is C17H24N2O4S. The van der Waals surface area contributed by atoms with Crippen molar-refractivity contribution in [2.75, 3.05) is 19.3 Å². The first kappa shape index (κ1) is 17.4. The van der Waals surface area contributed by atoms with Crippen LogP contribution in [-0.2, 0) is 34.1 Å². The Morgan fingerprint density at radius 1 is 1.25 bits per heavy atom. The lowest BCUT2D eigenvalue weighted by Crippen LogP contribution is -2.42. The second-order valence-corrected chi connectivity index (χ2v) is 8.63. The van der Waals surface area contributed by atoms with Gasteiger partial charge in [0.1, 0.15) is 0 Å². The van der Waals surface area contributed by atoms with Gasteiger partial charge in [0.15, 0.2) is 0 Å². The fourth-order valence-electron chi connectivity index (χ4n) is 3.56. The van der Waals surface area contributed by atoms with E-state index in [2.05, 4.69) is 16.9 Å². The van der Waals surface area contributed by atoms with Crippen molar-refractivity contribution in [1.29, 1.82) is 0 Å². The lowest BCUT2D eigenvalue weighted by molar-refractivity contribution is -0.129. The van der Waals surface area contributed by atoms with Gasteiger partial charge in [-0.15, -0.1) is 0 Å². The molecule has 1 aliphatic heterocycles. The van der Waals surface area contributed by atoms with E-state index in [1.165, 1.54) is 28.9 Å². The number of nitrogens with one attached hydrogen (secondary N) is 1. The number of carbonyl (C=O) groups excluding carboxylic acids is 1. The number of nitrogens with zero attached hydrogens (tertiary/aromatic N) is 1. The van der Waals surface area contributed by atoms with E-state index >= 15 is 0 Å². The molecule has 0 radical (unpaired) electrons. The predicted octanol–water partition coefficient (Wildman–Crippen LogP) is 0.229. The van der Waals surface area contributed by atoms with Crippen LogP contribution >= 0.6 is 0 Å². The fourth-order valence-corrected chi connectivity index (χ4v) is 4.35. The topological polar surface area (TPSA) is 86.7 Å². The molecule has 1 saturated heterocycles. The average Bonchev–Trinajstić information content (AvgIpc) is 2.86. The summed E-state index contributed by atoms with van der Waals surface area (Å²) in [5.41, 5.74) is 3.70. The number of carbonyl (C=O) groups is 1. The number of aliphatic hydroxyl groups is 1. The van der Waals surface area contributed by atoms with Gasteiger partial charge in [-0.1, -0.05) is 18.2 Å². The van der Waals surface area contributed by atoms with Crippen LogP contribution in [0.25, 0.3) is 0 Å². The van der Waals surface area contributed by atoms with Crippen LogP contribution in [0, 0.1) is 0 Å². The van der Waals surface area contributed by atoms with Crippen molar-refractivity contribution in [2.45, 2.75) is 44.2 Å². The zero-order valence-electron chi connectivity index (χ0n) is 13.9. The van der Waals surface area contributed by atoms with E-state index in [1.807, 2.05) is 6.07 Å². The van der Waals surface area contributed by atoms with Gasteiger partial charge >= 0.3 is 0 Å². The summed E-state index contributed by atoms with van der Waals surface area (Å²) in [6, 6.07) is 5.60. The van der Waals surface area contributed by atoms with Gasteiger partial charge in [0, 0.05) is 13.1 Å². The minimum atomic E-state index is -3.41. The highest BCUT2D eigenvalue weighted by Gasteiger charge is 2.35. The average molecular weight is 352 g/mol. The summed E-state index contributed by atoms with van der Waals surface area (Å²) < 4.78 is 25.0. The zero-order valence-corrected chi connectivity index (χ0v) is 14.7. The molecule has 0 unspecified atom stereocenters. The number of aliphatic hydroxyl groups excluding tert-OH is 1. The van der Waals surface area contributed by atoms with E-state index in [0.29, 0.717) is 0 Å². The molecule has 1 amide bonds. The Morgan fingerprint density at radius 3 is 2.67 bits per heavy atom. The molecule has 2 N–H and O–H groups in total. The Hall–Kier alpha value is -1.44. The summed E-state index contributed by atoms with van der Waals surface area (Å²) in [6.07, 6.45) is 5.07. The summed E-state index contributed by atoms with van der Waals surface area (Å²) in [7, 11) is -3.41. The molecule has 6 nitrogen and oxygen atoms in total. The molecule has 0 aromatic heterocycles. The van der Waals surface area contributed by atoms with E-state index in [-0.39, 0.29) is 25.4 Å². The van der Waals surface area contributed by atoms with Crippen molar-refractivity contribution >= 4 is 15.9 Å². The number of rotatable bonds is 4. The van der Waals surface area contributed by atoms with Crippen LogP contribution in [0.1, 0.15) is 29.5 Å². The minimum absolute atomic E-state index is 0.0809. The van der Waals surface area contributed by atoms with E-state index < -0.39 is 22.2 Å². The maximum absolute atomic E-state index is 12.5.